The van der Waals surface area contributed by atoms with Crippen molar-refractivity contribution in [1.82, 2.24) is 9.88 Å². The van der Waals surface area contributed by atoms with Gasteiger partial charge in [0, 0.05) is 11.9 Å². The van der Waals surface area contributed by atoms with Crippen LogP contribution in [0.5, 0.6) is 5.88 Å². The van der Waals surface area contributed by atoms with Gasteiger partial charge in [-0.15, -0.1) is 10.2 Å². The van der Waals surface area contributed by atoms with E-state index in [0.717, 1.165) is 42.8 Å². The van der Waals surface area contributed by atoms with E-state index < -0.39 is 0 Å². The third-order valence-electron chi connectivity index (χ3n) is 5.03. The van der Waals surface area contributed by atoms with Gasteiger partial charge in [0.2, 0.25) is 11.0 Å². The molecule has 1 aromatic heterocycles. The number of ether oxygens (including phenoxy) is 1. The first-order chi connectivity index (χ1) is 14.2. The van der Waals surface area contributed by atoms with Crippen LogP contribution in [0.1, 0.15) is 5.56 Å². The lowest BCUT2D eigenvalue weighted by Gasteiger charge is -2.24. The number of thiocarbonyl (C=S) groups is 1. The molecule has 0 aliphatic carbocycles. The molecule has 150 valence electrons. The van der Waals surface area contributed by atoms with Gasteiger partial charge in [-0.05, 0) is 23.8 Å². The molecular weight excluding hydrogens is 386 g/mol. The van der Waals surface area contributed by atoms with Gasteiger partial charge in [-0.25, -0.2) is 0 Å². The van der Waals surface area contributed by atoms with Gasteiger partial charge in [-0.1, -0.05) is 48.5 Å². The van der Waals surface area contributed by atoms with E-state index in [1.807, 2.05) is 59.2 Å². The second-order valence-electron chi connectivity index (χ2n) is 6.98. The Morgan fingerprint density at radius 3 is 2.62 bits per heavy atom. The Morgan fingerprint density at radius 2 is 1.83 bits per heavy atom. The lowest BCUT2D eigenvalue weighted by atomic mass is 10.2. The fourth-order valence-corrected chi connectivity index (χ4v) is 3.59. The number of fused-ring (bicyclic) bond motifs is 1. The monoisotopic (exact) mass is 410 g/mol. The van der Waals surface area contributed by atoms with Crippen LogP contribution in [-0.4, -0.2) is 41.1 Å². The van der Waals surface area contributed by atoms with Crippen LogP contribution >= 0.6 is 12.2 Å². The van der Waals surface area contributed by atoms with Crippen molar-refractivity contribution in [3.63, 3.8) is 0 Å². The fraction of sp³-hybridized carbons (Fsp3) is 0.286. The van der Waals surface area contributed by atoms with Crippen LogP contribution in [0.15, 0.2) is 64.8 Å². The first-order valence-electron chi connectivity index (χ1n) is 9.67. The standard InChI is InChI=1S/C21H23N5O2S/c27-20-19(23-24-21(29)22-14-16-6-2-1-3-7-16)17-8-4-5-9-18(17)26(20)15-25-10-12-28-13-11-25/h1-9,27H,10-15H2,(H,22,29)/p+1. The molecule has 2 heterocycles. The number of benzene rings is 2. The third-order valence-corrected chi connectivity index (χ3v) is 5.25. The highest BCUT2D eigenvalue weighted by molar-refractivity contribution is 7.80. The van der Waals surface area contributed by atoms with Crippen LogP contribution < -0.4 is 10.2 Å². The second-order valence-corrected chi connectivity index (χ2v) is 7.37. The van der Waals surface area contributed by atoms with E-state index in [1.54, 1.807) is 0 Å². The van der Waals surface area contributed by atoms with Crippen LogP contribution in [0.3, 0.4) is 0 Å². The number of hydrogen-bond donors (Lipinski definition) is 3. The number of para-hydroxylation sites is 1. The molecule has 1 fully saturated rings. The van der Waals surface area contributed by atoms with Crippen molar-refractivity contribution in [1.29, 1.82) is 0 Å². The SMILES string of the molecule is Oc1c(N=NC(=S)NCc2ccccc2)c2ccccc2n1C[NH+]1CCOCC1. The van der Waals surface area contributed by atoms with Gasteiger partial charge in [0.25, 0.3) is 0 Å². The molecule has 4 rings (SSSR count). The highest BCUT2D eigenvalue weighted by atomic mass is 32.1. The third kappa shape index (κ3) is 4.61. The molecule has 0 spiro atoms. The Hall–Kier alpha value is -2.81. The minimum absolute atomic E-state index is 0.111. The average molecular weight is 411 g/mol. The lowest BCUT2D eigenvalue weighted by molar-refractivity contribution is -0.930. The molecule has 2 aromatic carbocycles. The summed E-state index contributed by atoms with van der Waals surface area (Å²) in [4.78, 5) is 1.36. The molecule has 1 aliphatic heterocycles. The molecular formula is C21H24N5O2S+. The van der Waals surface area contributed by atoms with Gasteiger partial charge in [-0.3, -0.25) is 4.57 Å². The highest BCUT2D eigenvalue weighted by Crippen LogP contribution is 2.38. The van der Waals surface area contributed by atoms with E-state index in [9.17, 15) is 5.11 Å². The summed E-state index contributed by atoms with van der Waals surface area (Å²) < 4.78 is 7.33. The fourth-order valence-electron chi connectivity index (χ4n) is 3.48. The molecule has 1 aliphatic rings. The van der Waals surface area contributed by atoms with Crippen LogP contribution in [0.2, 0.25) is 0 Å². The zero-order chi connectivity index (χ0) is 20.1. The lowest BCUT2D eigenvalue weighted by Crippen LogP contribution is -3.13. The Bertz CT molecular complexity index is 1010. The summed E-state index contributed by atoms with van der Waals surface area (Å²) in [5.41, 5.74) is 2.48. The van der Waals surface area contributed by atoms with E-state index in [4.69, 9.17) is 17.0 Å². The topological polar surface area (TPSA) is 75.6 Å². The summed E-state index contributed by atoms with van der Waals surface area (Å²) >= 11 is 5.28. The molecule has 3 aromatic rings. The van der Waals surface area contributed by atoms with Crippen molar-refractivity contribution in [2.75, 3.05) is 26.3 Å². The average Bonchev–Trinajstić information content (AvgIpc) is 3.03. The second kappa shape index (κ2) is 9.13. The van der Waals surface area contributed by atoms with Gasteiger partial charge in [0.15, 0.2) is 12.4 Å². The van der Waals surface area contributed by atoms with Gasteiger partial charge in [0.1, 0.15) is 13.1 Å². The zero-order valence-electron chi connectivity index (χ0n) is 16.0. The summed E-state index contributed by atoms with van der Waals surface area (Å²) in [5, 5.41) is 23.5. The molecule has 0 atom stereocenters. The molecule has 3 N–H and O–H groups in total. The minimum atomic E-state index is 0.111. The molecule has 29 heavy (non-hydrogen) atoms. The van der Waals surface area contributed by atoms with Gasteiger partial charge < -0.3 is 20.1 Å². The highest BCUT2D eigenvalue weighted by Gasteiger charge is 2.21. The molecule has 0 saturated carbocycles. The Balaban J connectivity index is 1.52. The maximum atomic E-state index is 10.9. The summed E-state index contributed by atoms with van der Waals surface area (Å²) in [5.74, 6) is 0.111. The summed E-state index contributed by atoms with van der Waals surface area (Å²) in [6.07, 6.45) is 0. The van der Waals surface area contributed by atoms with Crippen LogP contribution in [-0.2, 0) is 18.0 Å². The Morgan fingerprint density at radius 1 is 1.10 bits per heavy atom. The van der Waals surface area contributed by atoms with E-state index in [-0.39, 0.29) is 11.0 Å². The number of nitrogens with one attached hydrogen (secondary N) is 2. The number of quaternary nitrogens is 1. The smallest absolute Gasteiger partial charge is 0.225 e. The summed E-state index contributed by atoms with van der Waals surface area (Å²) in [6, 6.07) is 17.8. The molecule has 8 heteroatoms. The number of nitrogens with zero attached hydrogens (tertiary/aromatic N) is 3. The van der Waals surface area contributed by atoms with Crippen molar-refractivity contribution < 1.29 is 14.7 Å². The van der Waals surface area contributed by atoms with Crippen molar-refractivity contribution in [2.24, 2.45) is 10.2 Å². The maximum Gasteiger partial charge on any atom is 0.225 e. The van der Waals surface area contributed by atoms with Gasteiger partial charge >= 0.3 is 0 Å². The largest absolute Gasteiger partial charge is 0.493 e. The Labute approximate surface area is 174 Å². The quantitative estimate of drug-likeness (QED) is 0.446. The van der Waals surface area contributed by atoms with Crippen LogP contribution in [0.4, 0.5) is 5.69 Å². The van der Waals surface area contributed by atoms with Crippen molar-refractivity contribution in [3.8, 4) is 5.88 Å². The maximum absolute atomic E-state index is 10.9. The van der Waals surface area contributed by atoms with E-state index in [0.29, 0.717) is 18.9 Å². The van der Waals surface area contributed by atoms with Crippen LogP contribution in [0, 0.1) is 0 Å². The first-order valence-corrected chi connectivity index (χ1v) is 10.1. The van der Waals surface area contributed by atoms with E-state index in [2.05, 4.69) is 15.5 Å². The molecule has 0 amide bonds. The van der Waals surface area contributed by atoms with Crippen molar-refractivity contribution in [2.45, 2.75) is 13.2 Å². The number of azo groups is 1. The number of morpholine rings is 1. The van der Waals surface area contributed by atoms with Gasteiger partial charge in [-0.2, -0.15) is 0 Å². The number of hydrogen-bond acceptors (Lipinski definition) is 4. The number of aromatic hydroxyl groups is 1. The molecule has 0 radical (unpaired) electrons. The summed E-state index contributed by atoms with van der Waals surface area (Å²) in [7, 11) is 0. The van der Waals surface area contributed by atoms with E-state index >= 15 is 0 Å². The van der Waals surface area contributed by atoms with Gasteiger partial charge in [0.05, 0.1) is 18.7 Å². The predicted octanol–water partition coefficient (Wildman–Crippen LogP) is 2.38. The number of rotatable bonds is 5. The first kappa shape index (κ1) is 19.5. The molecule has 7 nitrogen and oxygen atoms in total. The van der Waals surface area contributed by atoms with Crippen molar-refractivity contribution >= 4 is 33.9 Å². The predicted molar refractivity (Wildman–Crippen MR) is 116 cm³/mol. The minimum Gasteiger partial charge on any atom is -0.493 e. The summed E-state index contributed by atoms with van der Waals surface area (Å²) in [6.45, 7) is 4.54. The zero-order valence-corrected chi connectivity index (χ0v) is 16.9. The molecule has 0 bridgehead atoms. The van der Waals surface area contributed by atoms with Crippen molar-refractivity contribution in [3.05, 3.63) is 60.2 Å². The van der Waals surface area contributed by atoms with Crippen LogP contribution in [0.25, 0.3) is 10.9 Å². The van der Waals surface area contributed by atoms with E-state index in [1.165, 1.54) is 4.90 Å². The number of aromatic nitrogens is 1. The molecule has 1 saturated heterocycles. The molecule has 0 unspecified atom stereocenters. The normalized spacial score (nSPS) is 15.2. The Kier molecular flexibility index (Phi) is 6.14.